The molecule has 0 bridgehead atoms. The number of aromatic nitrogens is 2. The van der Waals surface area contributed by atoms with Gasteiger partial charge in [-0.1, -0.05) is 90.5 Å². The molecule has 5 atom stereocenters. The van der Waals surface area contributed by atoms with E-state index in [1.54, 1.807) is 6.20 Å². The molecule has 244 valence electrons. The Morgan fingerprint density at radius 3 is 2.38 bits per heavy atom. The van der Waals surface area contributed by atoms with Gasteiger partial charge in [-0.05, 0) is 54.9 Å². The van der Waals surface area contributed by atoms with Crippen molar-refractivity contribution in [3.05, 3.63) is 66.1 Å². The molecule has 45 heavy (non-hydrogen) atoms. The number of amides is 3. The third-order valence-electron chi connectivity index (χ3n) is 9.47. The first-order chi connectivity index (χ1) is 21.7. The van der Waals surface area contributed by atoms with Gasteiger partial charge < -0.3 is 26.0 Å². The largest absolute Gasteiger partial charge is 0.391 e. The summed E-state index contributed by atoms with van der Waals surface area (Å²) in [6.07, 6.45) is 7.96. The molecule has 0 saturated heterocycles. The molecule has 0 unspecified atom stereocenters. The lowest BCUT2D eigenvalue weighted by atomic mass is 9.81. The number of fused-ring (bicyclic) bond motifs is 1. The minimum Gasteiger partial charge on any atom is -0.391 e. The van der Waals surface area contributed by atoms with Gasteiger partial charge in [-0.25, -0.2) is 0 Å². The molecule has 0 radical (unpaired) electrons. The monoisotopic (exact) mass is 617 g/mol. The van der Waals surface area contributed by atoms with Crippen molar-refractivity contribution in [3.8, 4) is 0 Å². The Bertz CT molecular complexity index is 1350. The van der Waals surface area contributed by atoms with Crippen molar-refractivity contribution in [1.29, 1.82) is 0 Å². The van der Waals surface area contributed by atoms with Crippen LogP contribution in [0, 0.1) is 23.7 Å². The molecule has 1 aromatic carbocycles. The fraction of sp³-hybridized carbons (Fsp3) is 0.556. The molecule has 3 aromatic rings. The number of aliphatic hydroxyl groups is 1. The summed E-state index contributed by atoms with van der Waals surface area (Å²) >= 11 is 0. The summed E-state index contributed by atoms with van der Waals surface area (Å²) in [6, 6.07) is 13.9. The SMILES string of the molecule is CC[C@@H](C)[C@H](NC(=O)[C@@H](C[C@H](O)[C@H](CC1CCCCC1)NC(=O)c1cc2ccccc2[nH]1)C(C)C)C(=O)NCc1ccccn1. The van der Waals surface area contributed by atoms with E-state index in [2.05, 4.69) is 25.9 Å². The van der Waals surface area contributed by atoms with Crippen LogP contribution in [0.25, 0.3) is 10.9 Å². The van der Waals surface area contributed by atoms with Crippen LogP contribution in [0.2, 0.25) is 0 Å². The van der Waals surface area contributed by atoms with Crippen LogP contribution in [0.3, 0.4) is 0 Å². The predicted molar refractivity (Wildman–Crippen MR) is 177 cm³/mol. The van der Waals surface area contributed by atoms with E-state index < -0.39 is 24.1 Å². The molecule has 4 rings (SSSR count). The lowest BCUT2D eigenvalue weighted by Crippen LogP contribution is -2.53. The first kappa shape index (κ1) is 34.2. The van der Waals surface area contributed by atoms with E-state index in [1.165, 1.54) is 6.42 Å². The quantitative estimate of drug-likeness (QED) is 0.153. The topological polar surface area (TPSA) is 136 Å². The van der Waals surface area contributed by atoms with Crippen LogP contribution in [-0.4, -0.2) is 51.0 Å². The van der Waals surface area contributed by atoms with E-state index in [9.17, 15) is 19.5 Å². The van der Waals surface area contributed by atoms with Crippen LogP contribution in [-0.2, 0) is 16.1 Å². The highest BCUT2D eigenvalue weighted by Crippen LogP contribution is 2.30. The lowest BCUT2D eigenvalue weighted by molar-refractivity contribution is -0.134. The van der Waals surface area contributed by atoms with E-state index in [0.29, 0.717) is 24.5 Å². The van der Waals surface area contributed by atoms with Crippen molar-refractivity contribution in [1.82, 2.24) is 25.9 Å². The van der Waals surface area contributed by atoms with Gasteiger partial charge in [-0.15, -0.1) is 0 Å². The summed E-state index contributed by atoms with van der Waals surface area (Å²) < 4.78 is 0. The van der Waals surface area contributed by atoms with E-state index >= 15 is 0 Å². The van der Waals surface area contributed by atoms with Crippen molar-refractivity contribution >= 4 is 28.6 Å². The highest BCUT2D eigenvalue weighted by Gasteiger charge is 2.35. The van der Waals surface area contributed by atoms with Gasteiger partial charge in [-0.2, -0.15) is 0 Å². The molecular weight excluding hydrogens is 566 g/mol. The van der Waals surface area contributed by atoms with Gasteiger partial charge in [0.1, 0.15) is 11.7 Å². The number of carbonyl (C=O) groups is 3. The van der Waals surface area contributed by atoms with Crippen LogP contribution in [0.5, 0.6) is 0 Å². The number of nitrogens with one attached hydrogen (secondary N) is 4. The van der Waals surface area contributed by atoms with Crippen molar-refractivity contribution in [2.75, 3.05) is 0 Å². The Kier molecular flexibility index (Phi) is 12.6. The smallest absolute Gasteiger partial charge is 0.268 e. The second-order valence-electron chi connectivity index (χ2n) is 13.2. The van der Waals surface area contributed by atoms with Crippen molar-refractivity contribution < 1.29 is 19.5 Å². The van der Waals surface area contributed by atoms with Gasteiger partial charge >= 0.3 is 0 Å². The number of aromatic amines is 1. The Labute approximate surface area is 267 Å². The lowest BCUT2D eigenvalue weighted by Gasteiger charge is -2.33. The summed E-state index contributed by atoms with van der Waals surface area (Å²) in [5.41, 5.74) is 2.06. The molecule has 0 spiro atoms. The Hall–Kier alpha value is -3.72. The molecule has 3 amide bonds. The van der Waals surface area contributed by atoms with Crippen LogP contribution in [0.4, 0.5) is 0 Å². The maximum Gasteiger partial charge on any atom is 0.268 e. The predicted octanol–water partition coefficient (Wildman–Crippen LogP) is 5.50. The molecule has 2 heterocycles. The fourth-order valence-electron chi connectivity index (χ4n) is 6.39. The number of hydrogen-bond donors (Lipinski definition) is 5. The first-order valence-electron chi connectivity index (χ1n) is 16.7. The summed E-state index contributed by atoms with van der Waals surface area (Å²) in [6.45, 7) is 8.12. The average Bonchev–Trinajstić information content (AvgIpc) is 3.49. The number of hydrogen-bond acceptors (Lipinski definition) is 5. The second-order valence-corrected chi connectivity index (χ2v) is 13.2. The molecule has 1 fully saturated rings. The Balaban J connectivity index is 1.46. The molecule has 1 aliphatic carbocycles. The van der Waals surface area contributed by atoms with E-state index in [1.807, 2.05) is 76.2 Å². The second kappa shape index (κ2) is 16.5. The number of pyridine rings is 1. The number of benzene rings is 1. The Morgan fingerprint density at radius 1 is 0.978 bits per heavy atom. The van der Waals surface area contributed by atoms with E-state index in [4.69, 9.17) is 0 Å². The Morgan fingerprint density at radius 2 is 1.71 bits per heavy atom. The van der Waals surface area contributed by atoms with Crippen LogP contribution in [0.15, 0.2) is 54.7 Å². The third-order valence-corrected chi connectivity index (χ3v) is 9.47. The normalized spacial score (nSPS) is 17.3. The highest BCUT2D eigenvalue weighted by atomic mass is 16.3. The van der Waals surface area contributed by atoms with Gasteiger partial charge in [0.25, 0.3) is 5.91 Å². The minimum absolute atomic E-state index is 0.0893. The zero-order chi connectivity index (χ0) is 32.3. The number of H-pyrrole nitrogens is 1. The van der Waals surface area contributed by atoms with Crippen molar-refractivity contribution in [2.45, 2.75) is 104 Å². The summed E-state index contributed by atoms with van der Waals surface area (Å²) in [5.74, 6) is -1.11. The molecule has 1 saturated carbocycles. The van der Waals surface area contributed by atoms with E-state index in [-0.39, 0.29) is 42.5 Å². The summed E-state index contributed by atoms with van der Waals surface area (Å²) in [7, 11) is 0. The zero-order valence-electron chi connectivity index (χ0n) is 27.2. The number of aliphatic hydroxyl groups excluding tert-OH is 1. The van der Waals surface area contributed by atoms with Gasteiger partial charge in [-0.3, -0.25) is 19.4 Å². The highest BCUT2D eigenvalue weighted by molar-refractivity contribution is 5.98. The molecule has 2 aromatic heterocycles. The van der Waals surface area contributed by atoms with E-state index in [0.717, 1.165) is 42.3 Å². The molecule has 9 heteroatoms. The van der Waals surface area contributed by atoms with Gasteiger partial charge in [0.15, 0.2) is 0 Å². The maximum absolute atomic E-state index is 13.8. The van der Waals surface area contributed by atoms with Gasteiger partial charge in [0.2, 0.25) is 11.8 Å². The summed E-state index contributed by atoms with van der Waals surface area (Å²) in [5, 5.41) is 21.7. The van der Waals surface area contributed by atoms with Crippen LogP contribution >= 0.6 is 0 Å². The summed E-state index contributed by atoms with van der Waals surface area (Å²) in [4.78, 5) is 47.9. The van der Waals surface area contributed by atoms with Crippen LogP contribution in [0.1, 0.15) is 95.2 Å². The van der Waals surface area contributed by atoms with Crippen LogP contribution < -0.4 is 16.0 Å². The van der Waals surface area contributed by atoms with Gasteiger partial charge in [0.05, 0.1) is 24.4 Å². The molecule has 0 aliphatic heterocycles. The zero-order valence-corrected chi connectivity index (χ0v) is 27.2. The van der Waals surface area contributed by atoms with Crippen molar-refractivity contribution in [3.63, 3.8) is 0 Å². The number of para-hydroxylation sites is 1. The average molecular weight is 618 g/mol. The van der Waals surface area contributed by atoms with Crippen molar-refractivity contribution in [2.24, 2.45) is 23.7 Å². The number of carbonyl (C=O) groups excluding carboxylic acids is 3. The maximum atomic E-state index is 13.8. The van der Waals surface area contributed by atoms with Gasteiger partial charge in [0, 0.05) is 23.0 Å². The molecule has 1 aliphatic rings. The fourth-order valence-corrected chi connectivity index (χ4v) is 6.39. The standard InChI is InChI=1S/C36H51N5O4/c1-5-24(4)33(36(45)38-22-27-16-11-12-18-37-27)41-34(43)28(23(2)3)21-32(42)30(19-25-13-7-6-8-14-25)40-35(44)31-20-26-15-9-10-17-29(26)39-31/h9-12,15-18,20,23-25,28,30,32-33,39,42H,5-8,13-14,19,21-22H2,1-4H3,(H,38,45)(H,40,44)(H,41,43)/t24-,28+,30+,32+,33+/m1/s1. The third kappa shape index (κ3) is 9.63. The first-order valence-corrected chi connectivity index (χ1v) is 16.7. The number of rotatable bonds is 15. The molecule has 9 nitrogen and oxygen atoms in total. The number of nitrogens with zero attached hydrogens (tertiary/aromatic N) is 1. The molecular formula is C36H51N5O4. The minimum atomic E-state index is -0.932. The molecule has 5 N–H and O–H groups in total.